The van der Waals surface area contributed by atoms with E-state index in [1.807, 2.05) is 6.92 Å². The number of nitrogens with two attached hydrogens (primary N) is 1. The fourth-order valence-corrected chi connectivity index (χ4v) is 2.52. The van der Waals surface area contributed by atoms with Gasteiger partial charge < -0.3 is 11.1 Å². The second kappa shape index (κ2) is 5.00. The summed E-state index contributed by atoms with van der Waals surface area (Å²) in [4.78, 5) is 8.67. The Morgan fingerprint density at radius 2 is 2.29 bits per heavy atom. The summed E-state index contributed by atoms with van der Waals surface area (Å²) in [6.45, 7) is 1.98. The molecule has 0 bridgehead atoms. The van der Waals surface area contributed by atoms with E-state index in [-0.39, 0.29) is 6.04 Å². The Labute approximate surface area is 104 Å². The van der Waals surface area contributed by atoms with Crippen molar-refractivity contribution in [2.75, 3.05) is 23.1 Å². The molecule has 2 atom stereocenters. The molecular formula is C11H18N4OS. The van der Waals surface area contributed by atoms with Gasteiger partial charge in [-0.05, 0) is 19.8 Å². The molecule has 17 heavy (non-hydrogen) atoms. The number of nitrogens with one attached hydrogen (secondary N) is 1. The maximum Gasteiger partial charge on any atom is 0.136 e. The number of anilines is 2. The molecule has 1 saturated carbocycles. The van der Waals surface area contributed by atoms with E-state index in [0.29, 0.717) is 17.5 Å². The first-order chi connectivity index (χ1) is 8.04. The number of aromatic nitrogens is 2. The lowest BCUT2D eigenvalue weighted by Crippen LogP contribution is -2.23. The lowest BCUT2D eigenvalue weighted by atomic mass is 10.3. The Morgan fingerprint density at radius 1 is 1.59 bits per heavy atom. The molecule has 1 aromatic rings. The maximum absolute atomic E-state index is 11.1. The maximum atomic E-state index is 11.1. The molecule has 5 nitrogen and oxygen atoms in total. The molecule has 1 aliphatic carbocycles. The van der Waals surface area contributed by atoms with Crippen molar-refractivity contribution in [3.05, 3.63) is 11.9 Å². The summed E-state index contributed by atoms with van der Waals surface area (Å²) in [7, 11) is -0.814. The molecule has 3 N–H and O–H groups in total. The van der Waals surface area contributed by atoms with Gasteiger partial charge in [0, 0.05) is 40.8 Å². The molecule has 1 fully saturated rings. The van der Waals surface area contributed by atoms with Gasteiger partial charge in [-0.2, -0.15) is 0 Å². The van der Waals surface area contributed by atoms with Crippen molar-refractivity contribution in [1.29, 1.82) is 0 Å². The smallest absolute Gasteiger partial charge is 0.136 e. The van der Waals surface area contributed by atoms with E-state index in [2.05, 4.69) is 15.3 Å². The van der Waals surface area contributed by atoms with Crippen LogP contribution in [0.25, 0.3) is 0 Å². The van der Waals surface area contributed by atoms with Crippen molar-refractivity contribution in [2.24, 2.45) is 0 Å². The van der Waals surface area contributed by atoms with E-state index in [0.717, 1.165) is 24.5 Å². The first kappa shape index (κ1) is 12.3. The van der Waals surface area contributed by atoms with Gasteiger partial charge in [0.15, 0.2) is 0 Å². The van der Waals surface area contributed by atoms with E-state index in [9.17, 15) is 4.21 Å². The highest BCUT2D eigenvalue weighted by Crippen LogP contribution is 2.38. The molecule has 0 spiro atoms. The molecule has 6 heteroatoms. The Hall–Kier alpha value is -1.17. The van der Waals surface area contributed by atoms with Crippen LogP contribution < -0.4 is 11.1 Å². The lowest BCUT2D eigenvalue weighted by molar-refractivity contribution is 0.682. The molecule has 94 valence electrons. The molecule has 1 heterocycles. The number of hydrogen-bond acceptors (Lipinski definition) is 5. The van der Waals surface area contributed by atoms with E-state index in [1.165, 1.54) is 0 Å². The highest BCUT2D eigenvalue weighted by Gasteiger charge is 2.27. The standard InChI is InChI=1S/C11H18N4OS/c1-7(6-17(2)16)13-10-5-9(12)14-11(15-10)8-3-4-8/h5,7-8H,3-4,6H2,1-2H3,(H3,12,13,14,15). The summed E-state index contributed by atoms with van der Waals surface area (Å²) in [5, 5.41) is 3.21. The Morgan fingerprint density at radius 3 is 2.88 bits per heavy atom. The number of rotatable bonds is 5. The van der Waals surface area contributed by atoms with Gasteiger partial charge in [0.25, 0.3) is 0 Å². The van der Waals surface area contributed by atoms with E-state index in [4.69, 9.17) is 5.73 Å². The zero-order valence-corrected chi connectivity index (χ0v) is 11.0. The minimum atomic E-state index is -0.814. The predicted octanol–water partition coefficient (Wildman–Crippen LogP) is 1.12. The molecule has 0 radical (unpaired) electrons. The Kier molecular flexibility index (Phi) is 3.61. The second-order valence-corrected chi connectivity index (χ2v) is 6.08. The molecule has 0 amide bonds. The summed E-state index contributed by atoms with van der Waals surface area (Å²) >= 11 is 0. The van der Waals surface area contributed by atoms with Crippen molar-refractivity contribution in [1.82, 2.24) is 9.97 Å². The van der Waals surface area contributed by atoms with Gasteiger partial charge in [-0.3, -0.25) is 4.21 Å². The van der Waals surface area contributed by atoms with Gasteiger partial charge >= 0.3 is 0 Å². The molecule has 1 aromatic heterocycles. The van der Waals surface area contributed by atoms with Crippen LogP contribution in [0, 0.1) is 0 Å². The fraction of sp³-hybridized carbons (Fsp3) is 0.636. The van der Waals surface area contributed by atoms with E-state index in [1.54, 1.807) is 12.3 Å². The van der Waals surface area contributed by atoms with Crippen LogP contribution in [0.3, 0.4) is 0 Å². The van der Waals surface area contributed by atoms with E-state index >= 15 is 0 Å². The summed E-state index contributed by atoms with van der Waals surface area (Å²) in [5.74, 6) is 3.14. The third kappa shape index (κ3) is 3.66. The fourth-order valence-electron chi connectivity index (χ4n) is 1.73. The van der Waals surface area contributed by atoms with Gasteiger partial charge in [-0.15, -0.1) is 0 Å². The monoisotopic (exact) mass is 254 g/mol. The van der Waals surface area contributed by atoms with Crippen LogP contribution in [-0.4, -0.2) is 32.2 Å². The average molecular weight is 254 g/mol. The normalized spacial score (nSPS) is 18.7. The minimum Gasteiger partial charge on any atom is -0.384 e. The number of nitrogens with zero attached hydrogens (tertiary/aromatic N) is 2. The van der Waals surface area contributed by atoms with Crippen molar-refractivity contribution < 1.29 is 4.21 Å². The molecule has 2 unspecified atom stereocenters. The predicted molar refractivity (Wildman–Crippen MR) is 70.4 cm³/mol. The van der Waals surface area contributed by atoms with Gasteiger partial charge in [-0.1, -0.05) is 0 Å². The molecule has 0 aliphatic heterocycles. The molecule has 0 aromatic carbocycles. The van der Waals surface area contributed by atoms with Crippen LogP contribution in [0.15, 0.2) is 6.07 Å². The Balaban J connectivity index is 2.06. The zero-order chi connectivity index (χ0) is 12.4. The van der Waals surface area contributed by atoms with Crippen molar-refractivity contribution in [3.63, 3.8) is 0 Å². The van der Waals surface area contributed by atoms with Crippen molar-refractivity contribution in [2.45, 2.75) is 31.7 Å². The SMILES string of the molecule is CC(CS(C)=O)Nc1cc(N)nc(C2CC2)n1. The van der Waals surface area contributed by atoms with Crippen LogP contribution >= 0.6 is 0 Å². The molecule has 1 aliphatic rings. The Bertz CT molecular complexity index is 433. The number of hydrogen-bond donors (Lipinski definition) is 2. The van der Waals surface area contributed by atoms with Crippen LogP contribution in [0.2, 0.25) is 0 Å². The third-order valence-corrected chi connectivity index (χ3v) is 3.55. The average Bonchev–Trinajstić information content (AvgIpc) is 2.97. The van der Waals surface area contributed by atoms with Crippen LogP contribution in [0.4, 0.5) is 11.6 Å². The van der Waals surface area contributed by atoms with Crippen molar-refractivity contribution in [3.8, 4) is 0 Å². The van der Waals surface area contributed by atoms with Crippen LogP contribution in [-0.2, 0) is 10.8 Å². The highest BCUT2D eigenvalue weighted by molar-refractivity contribution is 7.84. The van der Waals surface area contributed by atoms with Crippen molar-refractivity contribution >= 4 is 22.4 Å². The van der Waals surface area contributed by atoms with Gasteiger partial charge in [-0.25, -0.2) is 9.97 Å². The summed E-state index contributed by atoms with van der Waals surface area (Å²) in [6.07, 6.45) is 4.00. The topological polar surface area (TPSA) is 80.9 Å². The second-order valence-electron chi connectivity index (χ2n) is 4.60. The van der Waals surface area contributed by atoms with Gasteiger partial charge in [0.1, 0.15) is 17.5 Å². The van der Waals surface area contributed by atoms with Gasteiger partial charge in [0.05, 0.1) is 0 Å². The van der Waals surface area contributed by atoms with Crippen LogP contribution in [0.5, 0.6) is 0 Å². The van der Waals surface area contributed by atoms with E-state index < -0.39 is 10.8 Å². The highest BCUT2D eigenvalue weighted by atomic mass is 32.2. The van der Waals surface area contributed by atoms with Gasteiger partial charge in [0.2, 0.25) is 0 Å². The molecular weight excluding hydrogens is 236 g/mol. The zero-order valence-electron chi connectivity index (χ0n) is 10.1. The first-order valence-corrected chi connectivity index (χ1v) is 7.48. The summed E-state index contributed by atoms with van der Waals surface area (Å²) in [6, 6.07) is 1.84. The number of nitrogen functional groups attached to an aromatic ring is 1. The van der Waals surface area contributed by atoms with Crippen LogP contribution in [0.1, 0.15) is 31.5 Å². The lowest BCUT2D eigenvalue weighted by Gasteiger charge is -2.14. The summed E-state index contributed by atoms with van der Waals surface area (Å²) < 4.78 is 11.1. The third-order valence-electron chi connectivity index (χ3n) is 2.58. The summed E-state index contributed by atoms with van der Waals surface area (Å²) in [5.41, 5.74) is 5.75. The minimum absolute atomic E-state index is 0.113. The molecule has 0 saturated heterocycles. The largest absolute Gasteiger partial charge is 0.384 e. The quantitative estimate of drug-likeness (QED) is 0.823. The molecule has 2 rings (SSSR count). The first-order valence-electron chi connectivity index (χ1n) is 5.75.